The molecule has 0 spiro atoms. The van der Waals surface area contributed by atoms with Crippen LogP contribution < -0.4 is 16.1 Å². The first-order valence-corrected chi connectivity index (χ1v) is 10.9. The summed E-state index contributed by atoms with van der Waals surface area (Å²) in [5.41, 5.74) is 0.0393. The van der Waals surface area contributed by atoms with E-state index in [0.717, 1.165) is 32.7 Å². The molecule has 0 bridgehead atoms. The average molecular weight is 429 g/mol. The van der Waals surface area contributed by atoms with Gasteiger partial charge in [0.25, 0.3) is 5.56 Å². The van der Waals surface area contributed by atoms with Crippen molar-refractivity contribution in [2.75, 3.05) is 37.6 Å². The van der Waals surface area contributed by atoms with E-state index >= 15 is 0 Å². The number of aryl methyl sites for hydroxylation is 1. The van der Waals surface area contributed by atoms with E-state index in [4.69, 9.17) is 0 Å². The lowest BCUT2D eigenvalue weighted by Crippen LogP contribution is -2.47. The molecule has 3 aromatic rings. The second kappa shape index (κ2) is 9.05. The lowest BCUT2D eigenvalue weighted by atomic mass is 10.2. The molecule has 1 fully saturated rings. The fourth-order valence-corrected chi connectivity index (χ4v) is 4.17. The SMILES string of the molecule is CCCCCN1CCN(c2nc3c(c(=O)[nH]c(=O)n3C)n2Cc2ccccc2F)CC1. The molecule has 3 heterocycles. The van der Waals surface area contributed by atoms with Gasteiger partial charge >= 0.3 is 5.69 Å². The van der Waals surface area contributed by atoms with Gasteiger partial charge in [-0.1, -0.05) is 38.0 Å². The molecular weight excluding hydrogens is 399 g/mol. The molecule has 0 amide bonds. The number of fused-ring (bicyclic) bond motifs is 1. The number of nitrogens with zero attached hydrogens (tertiary/aromatic N) is 5. The molecular formula is C22H29FN6O2. The maximum Gasteiger partial charge on any atom is 0.329 e. The van der Waals surface area contributed by atoms with Gasteiger partial charge < -0.3 is 4.90 Å². The average Bonchev–Trinajstić information content (AvgIpc) is 3.14. The third-order valence-electron chi connectivity index (χ3n) is 6.01. The number of piperazine rings is 1. The Bertz CT molecular complexity index is 1170. The zero-order valence-electron chi connectivity index (χ0n) is 18.1. The van der Waals surface area contributed by atoms with Gasteiger partial charge in [-0.05, 0) is 19.0 Å². The van der Waals surface area contributed by atoms with Crippen LogP contribution >= 0.6 is 0 Å². The summed E-state index contributed by atoms with van der Waals surface area (Å²) in [5, 5.41) is 0. The number of hydrogen-bond donors (Lipinski definition) is 1. The van der Waals surface area contributed by atoms with Crippen molar-refractivity contribution in [1.82, 2.24) is 24.0 Å². The van der Waals surface area contributed by atoms with Crippen LogP contribution in [0, 0.1) is 5.82 Å². The van der Waals surface area contributed by atoms with Crippen molar-refractivity contribution >= 4 is 17.1 Å². The molecule has 8 nitrogen and oxygen atoms in total. The highest BCUT2D eigenvalue weighted by atomic mass is 19.1. The van der Waals surface area contributed by atoms with Crippen LogP contribution in [-0.4, -0.2) is 56.7 Å². The van der Waals surface area contributed by atoms with Gasteiger partial charge in [0, 0.05) is 38.8 Å². The van der Waals surface area contributed by atoms with E-state index in [-0.39, 0.29) is 17.9 Å². The van der Waals surface area contributed by atoms with Gasteiger partial charge in [0.15, 0.2) is 11.2 Å². The smallest absolute Gasteiger partial charge is 0.329 e. The van der Waals surface area contributed by atoms with Gasteiger partial charge in [-0.2, -0.15) is 4.98 Å². The molecule has 31 heavy (non-hydrogen) atoms. The molecule has 1 N–H and O–H groups in total. The van der Waals surface area contributed by atoms with Crippen LogP contribution in [0.4, 0.5) is 10.3 Å². The third-order valence-corrected chi connectivity index (χ3v) is 6.01. The highest BCUT2D eigenvalue weighted by Crippen LogP contribution is 2.23. The van der Waals surface area contributed by atoms with Crippen LogP contribution in [0.1, 0.15) is 31.7 Å². The van der Waals surface area contributed by atoms with E-state index < -0.39 is 11.2 Å². The molecule has 0 aliphatic carbocycles. The first-order chi connectivity index (χ1) is 15.0. The summed E-state index contributed by atoms with van der Waals surface area (Å²) in [6, 6.07) is 6.52. The van der Waals surface area contributed by atoms with Gasteiger partial charge in [0.05, 0.1) is 6.54 Å². The van der Waals surface area contributed by atoms with Crippen molar-refractivity contribution in [2.45, 2.75) is 32.7 Å². The number of aromatic nitrogens is 4. The number of imidazole rings is 1. The standard InChI is InChI=1S/C22H29FN6O2/c1-3-4-7-10-27-11-13-28(14-12-27)21-24-19-18(20(30)25-22(31)26(19)2)29(21)15-16-8-5-6-9-17(16)23/h5-6,8-9H,3-4,7,10-15H2,1-2H3,(H,25,30,31). The number of halogens is 1. The summed E-state index contributed by atoms with van der Waals surface area (Å²) < 4.78 is 17.5. The number of anilines is 1. The van der Waals surface area contributed by atoms with Crippen LogP contribution in [0.3, 0.4) is 0 Å². The van der Waals surface area contributed by atoms with Gasteiger partial charge in [-0.15, -0.1) is 0 Å². The largest absolute Gasteiger partial charge is 0.340 e. The Balaban J connectivity index is 1.70. The number of nitrogens with one attached hydrogen (secondary N) is 1. The molecule has 166 valence electrons. The summed E-state index contributed by atoms with van der Waals surface area (Å²) in [4.78, 5) is 36.4. The molecule has 0 atom stereocenters. The number of aromatic amines is 1. The minimum Gasteiger partial charge on any atom is -0.340 e. The van der Waals surface area contributed by atoms with E-state index in [9.17, 15) is 14.0 Å². The molecule has 2 aromatic heterocycles. The summed E-state index contributed by atoms with van der Waals surface area (Å²) in [7, 11) is 1.58. The van der Waals surface area contributed by atoms with Crippen molar-refractivity contribution in [1.29, 1.82) is 0 Å². The predicted molar refractivity (Wildman–Crippen MR) is 119 cm³/mol. The topological polar surface area (TPSA) is 79.2 Å². The molecule has 0 saturated carbocycles. The Kier molecular flexibility index (Phi) is 6.22. The van der Waals surface area contributed by atoms with E-state index in [1.807, 2.05) is 0 Å². The van der Waals surface area contributed by atoms with Crippen LogP contribution in [0.5, 0.6) is 0 Å². The number of H-pyrrole nitrogens is 1. The second-order valence-electron chi connectivity index (χ2n) is 8.12. The van der Waals surface area contributed by atoms with Gasteiger partial charge in [0.2, 0.25) is 5.95 Å². The molecule has 9 heteroatoms. The normalized spacial score (nSPS) is 15.1. The van der Waals surface area contributed by atoms with E-state index in [1.165, 1.54) is 29.9 Å². The van der Waals surface area contributed by atoms with E-state index in [0.29, 0.717) is 17.2 Å². The highest BCUT2D eigenvalue weighted by Gasteiger charge is 2.25. The maximum absolute atomic E-state index is 14.4. The Hall–Kier alpha value is -2.94. The Morgan fingerprint density at radius 3 is 2.55 bits per heavy atom. The first-order valence-electron chi connectivity index (χ1n) is 10.9. The molecule has 0 radical (unpaired) electrons. The predicted octanol–water partition coefficient (Wildman–Crippen LogP) is 1.92. The summed E-state index contributed by atoms with van der Waals surface area (Å²) in [6.07, 6.45) is 3.63. The van der Waals surface area contributed by atoms with Crippen molar-refractivity contribution < 1.29 is 4.39 Å². The first kappa shape index (κ1) is 21.3. The fourth-order valence-electron chi connectivity index (χ4n) is 4.17. The highest BCUT2D eigenvalue weighted by molar-refractivity contribution is 5.74. The Labute approximate surface area is 179 Å². The Morgan fingerprint density at radius 2 is 1.84 bits per heavy atom. The van der Waals surface area contributed by atoms with Crippen molar-refractivity contribution in [3.8, 4) is 0 Å². The van der Waals surface area contributed by atoms with Crippen LogP contribution in [0.25, 0.3) is 11.2 Å². The third kappa shape index (κ3) is 4.27. The van der Waals surface area contributed by atoms with Crippen LogP contribution in [-0.2, 0) is 13.6 Å². The fraction of sp³-hybridized carbons (Fsp3) is 0.500. The minimum atomic E-state index is -0.514. The lowest BCUT2D eigenvalue weighted by Gasteiger charge is -2.35. The van der Waals surface area contributed by atoms with Crippen molar-refractivity contribution in [3.05, 3.63) is 56.5 Å². The Morgan fingerprint density at radius 1 is 1.10 bits per heavy atom. The van der Waals surface area contributed by atoms with Crippen LogP contribution in [0.2, 0.25) is 0 Å². The zero-order chi connectivity index (χ0) is 22.0. The quantitative estimate of drug-likeness (QED) is 0.582. The van der Waals surface area contributed by atoms with E-state index in [1.54, 1.807) is 29.8 Å². The van der Waals surface area contributed by atoms with Gasteiger partial charge in [-0.25, -0.2) is 9.18 Å². The molecule has 1 aliphatic rings. The molecule has 1 saturated heterocycles. The molecule has 0 unspecified atom stereocenters. The second-order valence-corrected chi connectivity index (χ2v) is 8.12. The summed E-state index contributed by atoms with van der Waals surface area (Å²) >= 11 is 0. The summed E-state index contributed by atoms with van der Waals surface area (Å²) in [5.74, 6) is 0.260. The number of unbranched alkanes of at least 4 members (excludes halogenated alkanes) is 2. The number of hydrogen-bond acceptors (Lipinski definition) is 5. The molecule has 4 rings (SSSR count). The molecule has 1 aliphatic heterocycles. The minimum absolute atomic E-state index is 0.163. The monoisotopic (exact) mass is 428 g/mol. The van der Waals surface area contributed by atoms with Gasteiger partial charge in [0.1, 0.15) is 5.82 Å². The lowest BCUT2D eigenvalue weighted by molar-refractivity contribution is 0.251. The number of benzene rings is 1. The summed E-state index contributed by atoms with van der Waals surface area (Å²) in [6.45, 7) is 6.78. The van der Waals surface area contributed by atoms with Crippen molar-refractivity contribution in [2.24, 2.45) is 7.05 Å². The maximum atomic E-state index is 14.4. The van der Waals surface area contributed by atoms with Gasteiger partial charge in [-0.3, -0.25) is 23.8 Å². The van der Waals surface area contributed by atoms with E-state index in [2.05, 4.69) is 26.7 Å². The zero-order valence-corrected chi connectivity index (χ0v) is 18.1. The van der Waals surface area contributed by atoms with Crippen molar-refractivity contribution in [3.63, 3.8) is 0 Å². The number of rotatable bonds is 7. The molecule has 1 aromatic carbocycles. The van der Waals surface area contributed by atoms with Crippen LogP contribution in [0.15, 0.2) is 33.9 Å².